The summed E-state index contributed by atoms with van der Waals surface area (Å²) in [5.41, 5.74) is 5.78. The lowest BCUT2D eigenvalue weighted by Crippen LogP contribution is -2.56. The molecule has 0 radical (unpaired) electrons. The van der Waals surface area contributed by atoms with Crippen LogP contribution in [-0.2, 0) is 16.1 Å². The van der Waals surface area contributed by atoms with Gasteiger partial charge in [-0.1, -0.05) is 6.07 Å². The van der Waals surface area contributed by atoms with E-state index in [1.165, 1.54) is 19.2 Å². The quantitative estimate of drug-likeness (QED) is 0.767. The Morgan fingerprint density at radius 1 is 1.31 bits per heavy atom. The van der Waals surface area contributed by atoms with Gasteiger partial charge in [0.05, 0.1) is 12.6 Å². The average molecular weight is 399 g/mol. The third-order valence-electron chi connectivity index (χ3n) is 3.91. The van der Waals surface area contributed by atoms with E-state index in [1.807, 2.05) is 0 Å². The van der Waals surface area contributed by atoms with E-state index in [0.29, 0.717) is 31.6 Å². The molecule has 1 aromatic carbocycles. The first-order valence-electron chi connectivity index (χ1n) is 7.75. The van der Waals surface area contributed by atoms with Crippen molar-refractivity contribution in [3.8, 4) is 11.5 Å². The molecule has 0 unspecified atom stereocenters. The van der Waals surface area contributed by atoms with E-state index >= 15 is 0 Å². The van der Waals surface area contributed by atoms with Gasteiger partial charge in [0.2, 0.25) is 5.91 Å². The molecule has 0 saturated carbocycles. The number of benzene rings is 1. The van der Waals surface area contributed by atoms with Gasteiger partial charge in [0, 0.05) is 19.8 Å². The van der Waals surface area contributed by atoms with Crippen molar-refractivity contribution in [2.75, 3.05) is 26.9 Å². The first-order valence-corrected chi connectivity index (χ1v) is 7.75. The number of carbonyl (C=O) groups is 1. The van der Waals surface area contributed by atoms with Gasteiger partial charge in [-0.05, 0) is 30.5 Å². The predicted molar refractivity (Wildman–Crippen MR) is 90.6 cm³/mol. The molecular weight excluding hydrogens is 377 g/mol. The van der Waals surface area contributed by atoms with Crippen LogP contribution in [0, 0.1) is 0 Å². The second-order valence-electron chi connectivity index (χ2n) is 5.84. The number of hydrogen-bond donors (Lipinski definition) is 2. The van der Waals surface area contributed by atoms with Gasteiger partial charge in [-0.25, -0.2) is 0 Å². The molecule has 6 nitrogen and oxygen atoms in total. The van der Waals surface area contributed by atoms with Gasteiger partial charge >= 0.3 is 6.18 Å². The lowest BCUT2D eigenvalue weighted by atomic mass is 9.90. The van der Waals surface area contributed by atoms with E-state index < -0.39 is 18.3 Å². The van der Waals surface area contributed by atoms with E-state index in [1.54, 1.807) is 6.07 Å². The molecule has 1 heterocycles. The van der Waals surface area contributed by atoms with Crippen LogP contribution in [0.15, 0.2) is 18.2 Å². The van der Waals surface area contributed by atoms with Crippen molar-refractivity contribution in [3.05, 3.63) is 23.8 Å². The summed E-state index contributed by atoms with van der Waals surface area (Å²) in [6.07, 6.45) is -3.56. The number of carbonyl (C=O) groups excluding carboxylic acids is 1. The molecular formula is C16H22ClF3N2O4. The minimum absolute atomic E-state index is 0. The van der Waals surface area contributed by atoms with Crippen LogP contribution >= 0.6 is 12.4 Å². The largest absolute Gasteiger partial charge is 0.493 e. The molecule has 1 aromatic rings. The SMILES string of the molecule is COc1cc(CNC(=O)C2(N)CCOCC2)ccc1OCC(F)(F)F.Cl. The highest BCUT2D eigenvalue weighted by atomic mass is 35.5. The summed E-state index contributed by atoms with van der Waals surface area (Å²) in [5.74, 6) is -0.147. The van der Waals surface area contributed by atoms with E-state index in [9.17, 15) is 18.0 Å². The van der Waals surface area contributed by atoms with Gasteiger partial charge in [-0.15, -0.1) is 12.4 Å². The van der Waals surface area contributed by atoms with E-state index in [0.717, 1.165) is 0 Å². The van der Waals surface area contributed by atoms with Gasteiger partial charge < -0.3 is 25.3 Å². The zero-order valence-corrected chi connectivity index (χ0v) is 15.0. The molecule has 1 amide bonds. The van der Waals surface area contributed by atoms with Gasteiger partial charge in [0.25, 0.3) is 0 Å². The minimum atomic E-state index is -4.43. The number of amides is 1. The summed E-state index contributed by atoms with van der Waals surface area (Å²) in [4.78, 5) is 12.3. The molecule has 1 saturated heterocycles. The molecule has 148 valence electrons. The fraction of sp³-hybridized carbons (Fsp3) is 0.562. The summed E-state index contributed by atoms with van der Waals surface area (Å²) in [6.45, 7) is -0.363. The fourth-order valence-corrected chi connectivity index (χ4v) is 2.42. The molecule has 0 atom stereocenters. The number of ether oxygens (including phenoxy) is 3. The van der Waals surface area contributed by atoms with Gasteiger partial charge in [-0.2, -0.15) is 13.2 Å². The molecule has 3 N–H and O–H groups in total. The van der Waals surface area contributed by atoms with Crippen LogP contribution in [0.25, 0.3) is 0 Å². The van der Waals surface area contributed by atoms with Crippen molar-refractivity contribution in [1.82, 2.24) is 5.32 Å². The Morgan fingerprint density at radius 3 is 2.54 bits per heavy atom. The highest BCUT2D eigenvalue weighted by Crippen LogP contribution is 2.30. The van der Waals surface area contributed by atoms with Crippen LogP contribution in [0.3, 0.4) is 0 Å². The first kappa shape index (κ1) is 22.3. The van der Waals surface area contributed by atoms with Crippen molar-refractivity contribution < 1.29 is 32.2 Å². The maximum absolute atomic E-state index is 12.3. The standard InChI is InChI=1S/C16H21F3N2O4.ClH/c1-23-13-8-11(2-3-12(13)25-10-16(17,18)19)9-21-14(22)15(20)4-6-24-7-5-15;/h2-3,8H,4-7,9-10,20H2,1H3,(H,21,22);1H. The van der Waals surface area contributed by atoms with Crippen LogP contribution in [0.5, 0.6) is 11.5 Å². The molecule has 10 heteroatoms. The maximum atomic E-state index is 12.3. The Morgan fingerprint density at radius 2 is 1.96 bits per heavy atom. The maximum Gasteiger partial charge on any atom is 0.422 e. The van der Waals surface area contributed by atoms with E-state index in [4.69, 9.17) is 19.9 Å². The van der Waals surface area contributed by atoms with Crippen molar-refractivity contribution in [3.63, 3.8) is 0 Å². The van der Waals surface area contributed by atoms with Crippen LogP contribution in [-0.4, -0.2) is 44.6 Å². The van der Waals surface area contributed by atoms with Crippen molar-refractivity contribution >= 4 is 18.3 Å². The third kappa shape index (κ3) is 6.22. The summed E-state index contributed by atoms with van der Waals surface area (Å²) < 4.78 is 51.7. The van der Waals surface area contributed by atoms with Crippen molar-refractivity contribution in [1.29, 1.82) is 0 Å². The molecule has 0 aliphatic carbocycles. The Hall–Kier alpha value is -1.71. The monoisotopic (exact) mass is 398 g/mol. The molecule has 1 aliphatic rings. The van der Waals surface area contributed by atoms with Crippen LogP contribution in [0.4, 0.5) is 13.2 Å². The van der Waals surface area contributed by atoms with Crippen LogP contribution in [0.2, 0.25) is 0 Å². The second kappa shape index (κ2) is 9.29. The summed E-state index contributed by atoms with van der Waals surface area (Å²) >= 11 is 0. The lowest BCUT2D eigenvalue weighted by Gasteiger charge is -2.31. The van der Waals surface area contributed by atoms with Crippen LogP contribution in [0.1, 0.15) is 18.4 Å². The Balaban J connectivity index is 0.00000338. The first-order chi connectivity index (χ1) is 11.7. The number of rotatable bonds is 6. The zero-order chi connectivity index (χ0) is 18.5. The topological polar surface area (TPSA) is 82.8 Å². The number of nitrogens with two attached hydrogens (primary N) is 1. The van der Waals surface area contributed by atoms with E-state index in [-0.39, 0.29) is 36.4 Å². The Bertz CT molecular complexity index is 608. The molecule has 0 aromatic heterocycles. The smallest absolute Gasteiger partial charge is 0.422 e. The normalized spacial score (nSPS) is 16.3. The third-order valence-corrected chi connectivity index (χ3v) is 3.91. The van der Waals surface area contributed by atoms with Gasteiger partial charge in [-0.3, -0.25) is 4.79 Å². The minimum Gasteiger partial charge on any atom is -0.493 e. The van der Waals surface area contributed by atoms with Crippen LogP contribution < -0.4 is 20.5 Å². The number of halogens is 4. The molecule has 26 heavy (non-hydrogen) atoms. The fourth-order valence-electron chi connectivity index (χ4n) is 2.42. The lowest BCUT2D eigenvalue weighted by molar-refractivity contribution is -0.153. The number of methoxy groups -OCH3 is 1. The van der Waals surface area contributed by atoms with Gasteiger partial charge in [0.1, 0.15) is 0 Å². The Kier molecular flexibility index (Phi) is 7.98. The van der Waals surface area contributed by atoms with Crippen molar-refractivity contribution in [2.24, 2.45) is 5.73 Å². The average Bonchev–Trinajstić information content (AvgIpc) is 2.58. The summed E-state index contributed by atoms with van der Waals surface area (Å²) in [6, 6.07) is 4.44. The van der Waals surface area contributed by atoms with Crippen molar-refractivity contribution in [2.45, 2.75) is 31.1 Å². The van der Waals surface area contributed by atoms with E-state index in [2.05, 4.69) is 5.32 Å². The molecule has 0 bridgehead atoms. The second-order valence-corrected chi connectivity index (χ2v) is 5.84. The molecule has 2 rings (SSSR count). The molecule has 1 fully saturated rings. The predicted octanol–water partition coefficient (Wildman–Crippen LogP) is 2.18. The highest BCUT2D eigenvalue weighted by molar-refractivity contribution is 5.86. The number of hydrogen-bond acceptors (Lipinski definition) is 5. The summed E-state index contributed by atoms with van der Waals surface area (Å²) in [7, 11) is 1.33. The Labute approximate surface area is 155 Å². The summed E-state index contributed by atoms with van der Waals surface area (Å²) in [5, 5.41) is 2.74. The molecule has 1 aliphatic heterocycles. The highest BCUT2D eigenvalue weighted by Gasteiger charge is 2.35. The van der Waals surface area contributed by atoms with Gasteiger partial charge in [0.15, 0.2) is 18.1 Å². The zero-order valence-electron chi connectivity index (χ0n) is 14.2. The number of alkyl halides is 3. The number of nitrogens with one attached hydrogen (secondary N) is 1. The molecule has 0 spiro atoms.